The minimum atomic E-state index is -3.97. The predicted octanol–water partition coefficient (Wildman–Crippen LogP) is 5.64. The van der Waals surface area contributed by atoms with E-state index < -0.39 is 7.60 Å². The van der Waals surface area contributed by atoms with E-state index in [0.717, 1.165) is 36.3 Å². The number of nitrogens with one attached hydrogen (secondary N) is 1. The predicted molar refractivity (Wildman–Crippen MR) is 119 cm³/mol. The molecule has 160 valence electrons. The SMILES string of the molecule is O=P(O)(O)CCCNCc1cc(Cl)c(SCCCCCc2ccccc2)cc1F. The molecule has 0 atom stereocenters. The Hall–Kier alpha value is -0.880. The highest BCUT2D eigenvalue weighted by atomic mass is 35.5. The van der Waals surface area contributed by atoms with Gasteiger partial charge in [0, 0.05) is 17.0 Å². The molecule has 0 amide bonds. The van der Waals surface area contributed by atoms with Crippen molar-refractivity contribution in [1.82, 2.24) is 5.32 Å². The van der Waals surface area contributed by atoms with E-state index in [4.69, 9.17) is 21.4 Å². The van der Waals surface area contributed by atoms with E-state index in [1.807, 2.05) is 6.07 Å². The zero-order valence-corrected chi connectivity index (χ0v) is 18.8. The molecule has 0 aromatic heterocycles. The first kappa shape index (κ1) is 24.4. The third-order valence-corrected chi connectivity index (χ3v) is 6.89. The van der Waals surface area contributed by atoms with Crippen LogP contribution >= 0.6 is 31.0 Å². The molecule has 0 aliphatic heterocycles. The second-order valence-electron chi connectivity index (χ2n) is 6.94. The van der Waals surface area contributed by atoms with Crippen molar-refractivity contribution in [3.8, 4) is 0 Å². The van der Waals surface area contributed by atoms with E-state index in [1.165, 1.54) is 11.6 Å². The van der Waals surface area contributed by atoms with Crippen LogP contribution in [0.25, 0.3) is 0 Å². The van der Waals surface area contributed by atoms with Crippen LogP contribution in [0.4, 0.5) is 4.39 Å². The van der Waals surface area contributed by atoms with Gasteiger partial charge in [-0.2, -0.15) is 0 Å². The summed E-state index contributed by atoms with van der Waals surface area (Å²) in [6, 6.07) is 13.5. The van der Waals surface area contributed by atoms with Crippen LogP contribution in [0.3, 0.4) is 0 Å². The van der Waals surface area contributed by atoms with Crippen molar-refractivity contribution < 1.29 is 18.7 Å². The summed E-state index contributed by atoms with van der Waals surface area (Å²) in [6.45, 7) is 0.679. The van der Waals surface area contributed by atoms with Gasteiger partial charge in [0.05, 0.1) is 11.2 Å². The fraction of sp³-hybridized carbons (Fsp3) is 0.429. The first-order valence-corrected chi connectivity index (χ1v) is 12.9. The van der Waals surface area contributed by atoms with E-state index in [9.17, 15) is 8.96 Å². The molecule has 2 rings (SSSR count). The zero-order chi connectivity index (χ0) is 21.1. The number of halogens is 2. The quantitative estimate of drug-likeness (QED) is 0.205. The molecular weight excluding hydrogens is 432 g/mol. The molecule has 4 nitrogen and oxygen atoms in total. The molecule has 0 saturated carbocycles. The van der Waals surface area contributed by atoms with Crippen LogP contribution in [0.15, 0.2) is 47.4 Å². The number of benzene rings is 2. The van der Waals surface area contributed by atoms with Crippen LogP contribution in [-0.4, -0.2) is 28.2 Å². The van der Waals surface area contributed by atoms with Gasteiger partial charge >= 0.3 is 7.60 Å². The Bertz CT molecular complexity index is 804. The third kappa shape index (κ3) is 10.1. The summed E-state index contributed by atoms with van der Waals surface area (Å²) in [5.74, 6) is 0.581. The van der Waals surface area contributed by atoms with Crippen LogP contribution in [0.1, 0.15) is 36.8 Å². The van der Waals surface area contributed by atoms with Crippen LogP contribution in [0, 0.1) is 5.82 Å². The highest BCUT2D eigenvalue weighted by molar-refractivity contribution is 7.99. The smallest absolute Gasteiger partial charge is 0.324 e. The first-order chi connectivity index (χ1) is 13.8. The molecule has 0 spiro atoms. The fourth-order valence-electron chi connectivity index (χ4n) is 2.88. The number of thioether (sulfide) groups is 1. The van der Waals surface area contributed by atoms with E-state index in [0.29, 0.717) is 23.6 Å². The minimum Gasteiger partial charge on any atom is -0.324 e. The first-order valence-electron chi connectivity index (χ1n) is 9.75. The van der Waals surface area contributed by atoms with Crippen molar-refractivity contribution in [3.05, 3.63) is 64.4 Å². The lowest BCUT2D eigenvalue weighted by Gasteiger charge is -2.10. The molecule has 2 aromatic carbocycles. The monoisotopic (exact) mass is 459 g/mol. The Kier molecular flexibility index (Phi) is 10.7. The second kappa shape index (κ2) is 12.7. The van der Waals surface area contributed by atoms with Gasteiger partial charge in [0.2, 0.25) is 0 Å². The van der Waals surface area contributed by atoms with Crippen LogP contribution in [0.2, 0.25) is 5.02 Å². The number of rotatable bonds is 13. The van der Waals surface area contributed by atoms with Gasteiger partial charge in [-0.05, 0) is 55.7 Å². The van der Waals surface area contributed by atoms with Crippen LogP contribution < -0.4 is 5.32 Å². The fourth-order valence-corrected chi connectivity index (χ4v) is 4.76. The molecule has 0 fully saturated rings. The highest BCUT2D eigenvalue weighted by Gasteiger charge is 2.12. The maximum absolute atomic E-state index is 14.3. The third-order valence-electron chi connectivity index (χ3n) is 4.43. The van der Waals surface area contributed by atoms with E-state index in [2.05, 4.69) is 29.6 Å². The second-order valence-corrected chi connectivity index (χ2v) is 10.3. The summed E-state index contributed by atoms with van der Waals surface area (Å²) < 4.78 is 25.1. The van der Waals surface area contributed by atoms with Crippen LogP contribution in [-0.2, 0) is 17.5 Å². The minimum absolute atomic E-state index is 0.176. The topological polar surface area (TPSA) is 69.6 Å². The molecule has 0 saturated heterocycles. The Balaban J connectivity index is 1.68. The summed E-state index contributed by atoms with van der Waals surface area (Å²) in [5, 5.41) is 3.53. The summed E-state index contributed by atoms with van der Waals surface area (Å²) in [4.78, 5) is 18.4. The van der Waals surface area contributed by atoms with Gasteiger partial charge in [-0.1, -0.05) is 48.4 Å². The highest BCUT2D eigenvalue weighted by Crippen LogP contribution is 2.34. The van der Waals surface area contributed by atoms with Gasteiger partial charge in [0.1, 0.15) is 5.82 Å². The molecule has 29 heavy (non-hydrogen) atoms. The summed E-state index contributed by atoms with van der Waals surface area (Å²) in [6.07, 6.45) is 4.55. The molecule has 3 N–H and O–H groups in total. The van der Waals surface area contributed by atoms with E-state index in [-0.39, 0.29) is 18.5 Å². The van der Waals surface area contributed by atoms with Crippen molar-refractivity contribution in [1.29, 1.82) is 0 Å². The van der Waals surface area contributed by atoms with E-state index >= 15 is 0 Å². The lowest BCUT2D eigenvalue weighted by atomic mass is 10.1. The van der Waals surface area contributed by atoms with Crippen LogP contribution in [0.5, 0.6) is 0 Å². The summed E-state index contributed by atoms with van der Waals surface area (Å²) in [7, 11) is -3.97. The van der Waals surface area contributed by atoms with Crippen molar-refractivity contribution in [2.45, 2.75) is 43.5 Å². The number of unbranched alkanes of at least 4 members (excludes halogenated alkanes) is 2. The van der Waals surface area contributed by atoms with Crippen molar-refractivity contribution >= 4 is 31.0 Å². The Labute approximate surface area is 181 Å². The summed E-state index contributed by atoms with van der Waals surface area (Å²) >= 11 is 7.88. The van der Waals surface area contributed by atoms with Gasteiger partial charge in [-0.15, -0.1) is 11.8 Å². The molecular formula is C21H28ClFNO3PS. The van der Waals surface area contributed by atoms with Crippen molar-refractivity contribution in [3.63, 3.8) is 0 Å². The molecule has 0 unspecified atom stereocenters. The number of aryl methyl sites for hydroxylation is 1. The molecule has 0 heterocycles. The van der Waals surface area contributed by atoms with Gasteiger partial charge in [-0.25, -0.2) is 4.39 Å². The maximum Gasteiger partial charge on any atom is 0.325 e. The number of hydrogen-bond donors (Lipinski definition) is 3. The van der Waals surface area contributed by atoms with Gasteiger partial charge < -0.3 is 15.1 Å². The van der Waals surface area contributed by atoms with Crippen molar-refractivity contribution in [2.75, 3.05) is 18.5 Å². The lowest BCUT2D eigenvalue weighted by Crippen LogP contribution is -2.16. The average Bonchev–Trinajstić information content (AvgIpc) is 2.67. The zero-order valence-electron chi connectivity index (χ0n) is 16.3. The van der Waals surface area contributed by atoms with Gasteiger partial charge in [0.25, 0.3) is 0 Å². The largest absolute Gasteiger partial charge is 0.325 e. The molecule has 8 heteroatoms. The molecule has 0 aliphatic rings. The molecule has 0 aliphatic carbocycles. The van der Waals surface area contributed by atoms with Crippen molar-refractivity contribution in [2.24, 2.45) is 0 Å². The lowest BCUT2D eigenvalue weighted by molar-refractivity contribution is 0.371. The Morgan fingerprint density at radius 2 is 1.83 bits per heavy atom. The average molecular weight is 460 g/mol. The molecule has 0 bridgehead atoms. The molecule has 0 radical (unpaired) electrons. The summed E-state index contributed by atoms with van der Waals surface area (Å²) in [5.41, 5.74) is 1.81. The van der Waals surface area contributed by atoms with Gasteiger partial charge in [0.15, 0.2) is 0 Å². The maximum atomic E-state index is 14.3. The Morgan fingerprint density at radius 3 is 2.55 bits per heavy atom. The standard InChI is InChI=1S/C21H28ClFNO3PS/c22-19-14-18(16-24-11-7-12-28(25,26)27)20(23)15-21(19)29-13-6-2-5-10-17-8-3-1-4-9-17/h1,3-4,8-9,14-15,24H,2,5-7,10-13,16H2,(H2,25,26,27). The van der Waals surface area contributed by atoms with E-state index in [1.54, 1.807) is 17.8 Å². The molecule has 2 aromatic rings. The van der Waals surface area contributed by atoms with Gasteiger partial charge in [-0.3, -0.25) is 4.57 Å². The normalized spacial score (nSPS) is 11.7. The number of hydrogen-bond acceptors (Lipinski definition) is 3. The Morgan fingerprint density at radius 1 is 1.07 bits per heavy atom.